The van der Waals surface area contributed by atoms with E-state index in [0.29, 0.717) is 12.1 Å². The molecule has 2 fully saturated rings. The van der Waals surface area contributed by atoms with E-state index >= 15 is 0 Å². The van der Waals surface area contributed by atoms with E-state index in [1.165, 1.54) is 25.3 Å². The van der Waals surface area contributed by atoms with Crippen molar-refractivity contribution in [2.75, 3.05) is 65.3 Å². The summed E-state index contributed by atoms with van der Waals surface area (Å²) in [4.78, 5) is 10.1. The first-order valence-electron chi connectivity index (χ1n) is 8.04. The van der Waals surface area contributed by atoms with Crippen LogP contribution in [0.15, 0.2) is 30.3 Å². The molecular weight excluding hydrogens is 260 g/mol. The lowest BCUT2D eigenvalue weighted by Crippen LogP contribution is -2.64. The molecule has 3 rings (SSSR count). The second-order valence-electron chi connectivity index (χ2n) is 6.64. The molecule has 21 heavy (non-hydrogen) atoms. The van der Waals surface area contributed by atoms with Gasteiger partial charge in [-0.2, -0.15) is 0 Å². The molecular formula is C17H28N4. The van der Waals surface area contributed by atoms with Crippen LogP contribution in [0.3, 0.4) is 0 Å². The number of piperazine rings is 2. The number of rotatable bonds is 2. The van der Waals surface area contributed by atoms with Crippen molar-refractivity contribution in [1.29, 1.82) is 0 Å². The van der Waals surface area contributed by atoms with Gasteiger partial charge in [0.25, 0.3) is 0 Å². The highest BCUT2D eigenvalue weighted by Crippen LogP contribution is 2.22. The third-order valence-corrected chi connectivity index (χ3v) is 5.16. The molecule has 4 nitrogen and oxygen atoms in total. The second kappa shape index (κ2) is 6.34. The van der Waals surface area contributed by atoms with Crippen LogP contribution >= 0.6 is 0 Å². The average Bonchev–Trinajstić information content (AvgIpc) is 2.51. The summed E-state index contributed by atoms with van der Waals surface area (Å²) < 4.78 is 0. The first-order chi connectivity index (χ1) is 10.1. The molecule has 0 N–H and O–H groups in total. The number of hydrogen-bond acceptors (Lipinski definition) is 4. The van der Waals surface area contributed by atoms with Gasteiger partial charge >= 0.3 is 0 Å². The molecule has 4 heteroatoms. The van der Waals surface area contributed by atoms with Crippen molar-refractivity contribution < 1.29 is 0 Å². The minimum atomic E-state index is 0.603. The molecule has 2 aliphatic rings. The monoisotopic (exact) mass is 288 g/mol. The molecule has 2 aliphatic heterocycles. The predicted molar refractivity (Wildman–Crippen MR) is 89.0 cm³/mol. The molecule has 2 heterocycles. The summed E-state index contributed by atoms with van der Waals surface area (Å²) in [6.45, 7) is 6.94. The summed E-state index contributed by atoms with van der Waals surface area (Å²) in [6, 6.07) is 12.1. The molecule has 116 valence electrons. The maximum Gasteiger partial charge on any atom is 0.0436 e. The fourth-order valence-electron chi connectivity index (χ4n) is 3.65. The predicted octanol–water partition coefficient (Wildman–Crippen LogP) is 1.05. The highest BCUT2D eigenvalue weighted by molar-refractivity contribution is 5.46. The van der Waals surface area contributed by atoms with Gasteiger partial charge in [-0.25, -0.2) is 0 Å². The van der Waals surface area contributed by atoms with Gasteiger partial charge in [-0.05, 0) is 33.3 Å². The maximum absolute atomic E-state index is 2.56. The molecule has 0 bridgehead atoms. The van der Waals surface area contributed by atoms with Gasteiger partial charge in [0.1, 0.15) is 0 Å². The molecule has 0 radical (unpaired) electrons. The van der Waals surface area contributed by atoms with Crippen LogP contribution in [0, 0.1) is 0 Å². The zero-order chi connectivity index (χ0) is 14.8. The fourth-order valence-corrected chi connectivity index (χ4v) is 3.65. The van der Waals surface area contributed by atoms with Gasteiger partial charge in [-0.1, -0.05) is 18.2 Å². The molecule has 0 spiro atoms. The Morgan fingerprint density at radius 1 is 0.762 bits per heavy atom. The van der Waals surface area contributed by atoms with E-state index in [4.69, 9.17) is 0 Å². The Hall–Kier alpha value is -1.10. The molecule has 0 aromatic heterocycles. The van der Waals surface area contributed by atoms with Crippen molar-refractivity contribution in [3.63, 3.8) is 0 Å². The van der Waals surface area contributed by atoms with Gasteiger partial charge in [-0.15, -0.1) is 0 Å². The average molecular weight is 288 g/mol. The van der Waals surface area contributed by atoms with E-state index in [0.717, 1.165) is 19.6 Å². The number of para-hydroxylation sites is 1. The highest BCUT2D eigenvalue weighted by atomic mass is 15.3. The number of hydrogen-bond donors (Lipinski definition) is 0. The minimum Gasteiger partial charge on any atom is -0.369 e. The van der Waals surface area contributed by atoms with Crippen LogP contribution in [-0.4, -0.2) is 87.2 Å². The third kappa shape index (κ3) is 3.23. The summed E-state index contributed by atoms with van der Waals surface area (Å²) in [5, 5.41) is 0. The van der Waals surface area contributed by atoms with E-state index in [1.54, 1.807) is 0 Å². The van der Waals surface area contributed by atoms with Crippen molar-refractivity contribution in [3.05, 3.63) is 30.3 Å². The lowest BCUT2D eigenvalue weighted by atomic mass is 9.99. The Morgan fingerprint density at radius 3 is 2.10 bits per heavy atom. The summed E-state index contributed by atoms with van der Waals surface area (Å²) in [5.74, 6) is 0. The van der Waals surface area contributed by atoms with Gasteiger partial charge in [0.05, 0.1) is 0 Å². The standard InChI is InChI=1S/C17H28N4/c1-18-9-10-19(2)16(13-18)17-14-21(12-11-20(17)3)15-7-5-4-6-8-15/h4-8,16-17H,9-14H2,1-3H3. The summed E-state index contributed by atoms with van der Waals surface area (Å²) in [5.41, 5.74) is 1.36. The van der Waals surface area contributed by atoms with Crippen molar-refractivity contribution >= 4 is 5.69 Å². The van der Waals surface area contributed by atoms with Crippen LogP contribution in [0.5, 0.6) is 0 Å². The lowest BCUT2D eigenvalue weighted by molar-refractivity contribution is 0.0434. The summed E-state index contributed by atoms with van der Waals surface area (Å²) in [6.07, 6.45) is 0. The van der Waals surface area contributed by atoms with Gasteiger partial charge < -0.3 is 9.80 Å². The van der Waals surface area contributed by atoms with E-state index < -0.39 is 0 Å². The highest BCUT2D eigenvalue weighted by Gasteiger charge is 2.35. The molecule has 2 atom stereocenters. The number of nitrogens with zero attached hydrogens (tertiary/aromatic N) is 4. The molecule has 0 amide bonds. The van der Waals surface area contributed by atoms with E-state index in [2.05, 4.69) is 71.1 Å². The molecule has 2 saturated heterocycles. The Bertz CT molecular complexity index is 449. The van der Waals surface area contributed by atoms with Crippen LogP contribution in [0.4, 0.5) is 5.69 Å². The molecule has 1 aromatic carbocycles. The SMILES string of the molecule is CN1CCN(C)C(C2CN(c3ccccc3)CCN2C)C1. The van der Waals surface area contributed by atoms with Gasteiger partial charge in [0.15, 0.2) is 0 Å². The first-order valence-corrected chi connectivity index (χ1v) is 8.04. The Morgan fingerprint density at radius 2 is 1.38 bits per heavy atom. The van der Waals surface area contributed by atoms with Crippen LogP contribution in [0.2, 0.25) is 0 Å². The maximum atomic E-state index is 2.56. The van der Waals surface area contributed by atoms with Crippen LogP contribution < -0.4 is 4.90 Å². The first kappa shape index (κ1) is 14.8. The van der Waals surface area contributed by atoms with Crippen LogP contribution in [0.25, 0.3) is 0 Å². The smallest absolute Gasteiger partial charge is 0.0436 e. The quantitative estimate of drug-likeness (QED) is 0.806. The van der Waals surface area contributed by atoms with Crippen molar-refractivity contribution in [1.82, 2.24) is 14.7 Å². The zero-order valence-corrected chi connectivity index (χ0v) is 13.6. The normalized spacial score (nSPS) is 29.8. The van der Waals surface area contributed by atoms with E-state index in [-0.39, 0.29) is 0 Å². The van der Waals surface area contributed by atoms with Crippen molar-refractivity contribution in [2.24, 2.45) is 0 Å². The number of benzene rings is 1. The molecule has 2 unspecified atom stereocenters. The van der Waals surface area contributed by atoms with Gasteiger partial charge in [0.2, 0.25) is 0 Å². The van der Waals surface area contributed by atoms with Crippen molar-refractivity contribution in [3.8, 4) is 0 Å². The fraction of sp³-hybridized carbons (Fsp3) is 0.647. The second-order valence-corrected chi connectivity index (χ2v) is 6.64. The molecule has 0 aliphatic carbocycles. The van der Waals surface area contributed by atoms with E-state index in [1.807, 2.05) is 0 Å². The third-order valence-electron chi connectivity index (χ3n) is 5.16. The number of anilines is 1. The Kier molecular flexibility index (Phi) is 4.48. The Balaban J connectivity index is 1.74. The van der Waals surface area contributed by atoms with E-state index in [9.17, 15) is 0 Å². The number of likely N-dealkylation sites (N-methyl/N-ethyl adjacent to an activating group) is 3. The van der Waals surface area contributed by atoms with Gasteiger partial charge in [-0.3, -0.25) is 9.80 Å². The molecule has 1 aromatic rings. The van der Waals surface area contributed by atoms with Gasteiger partial charge in [0, 0.05) is 57.0 Å². The minimum absolute atomic E-state index is 0.603. The van der Waals surface area contributed by atoms with Crippen LogP contribution in [-0.2, 0) is 0 Å². The summed E-state index contributed by atoms with van der Waals surface area (Å²) in [7, 11) is 6.82. The Labute approximate surface area is 128 Å². The van der Waals surface area contributed by atoms with Crippen LogP contribution in [0.1, 0.15) is 0 Å². The topological polar surface area (TPSA) is 13.0 Å². The molecule has 0 saturated carbocycles. The largest absolute Gasteiger partial charge is 0.369 e. The van der Waals surface area contributed by atoms with Crippen molar-refractivity contribution in [2.45, 2.75) is 12.1 Å². The lowest BCUT2D eigenvalue weighted by Gasteiger charge is -2.49. The zero-order valence-electron chi connectivity index (χ0n) is 13.6. The summed E-state index contributed by atoms with van der Waals surface area (Å²) >= 11 is 0.